The number of aromatic nitrogens is 4. The van der Waals surface area contributed by atoms with Gasteiger partial charge in [0.25, 0.3) is 0 Å². The molecule has 1 N–H and O–H groups in total. The SMILES string of the molecule is COc1ccc(CNc2ccc3ccc(CCC45C[C@@H]4[C@@H](n4ccc6c(Cl)ncnc64)[C@@H]4OC(C)(C)O[C@@H]45)cc3n2)cc1. The predicted molar refractivity (Wildman–Crippen MR) is 166 cm³/mol. The molecule has 2 aliphatic carbocycles. The summed E-state index contributed by atoms with van der Waals surface area (Å²) in [5.74, 6) is 1.56. The van der Waals surface area contributed by atoms with Crippen LogP contribution in [0.1, 0.15) is 43.9 Å². The minimum absolute atomic E-state index is 0.0318. The molecule has 0 bridgehead atoms. The fourth-order valence-electron chi connectivity index (χ4n) is 7.54. The lowest BCUT2D eigenvalue weighted by Gasteiger charge is -2.24. The molecule has 0 spiro atoms. The Morgan fingerprint density at radius 1 is 1.02 bits per heavy atom. The van der Waals surface area contributed by atoms with Gasteiger partial charge in [-0.3, -0.25) is 0 Å². The van der Waals surface area contributed by atoms with Crippen molar-refractivity contribution in [1.29, 1.82) is 0 Å². The van der Waals surface area contributed by atoms with Gasteiger partial charge in [-0.15, -0.1) is 0 Å². The van der Waals surface area contributed by atoms with E-state index in [1.807, 2.05) is 38.1 Å². The largest absolute Gasteiger partial charge is 0.497 e. The first-order valence-corrected chi connectivity index (χ1v) is 15.3. The Morgan fingerprint density at radius 3 is 2.67 bits per heavy atom. The maximum Gasteiger partial charge on any atom is 0.163 e. The van der Waals surface area contributed by atoms with E-state index in [9.17, 15) is 0 Å². The number of benzene rings is 2. The van der Waals surface area contributed by atoms with Crippen LogP contribution in [-0.2, 0) is 22.4 Å². The smallest absolute Gasteiger partial charge is 0.163 e. The molecule has 1 aliphatic heterocycles. The Bertz CT molecular complexity index is 1840. The second-order valence-electron chi connectivity index (χ2n) is 12.6. The number of nitrogens with zero attached hydrogens (tertiary/aromatic N) is 4. The second kappa shape index (κ2) is 9.91. The van der Waals surface area contributed by atoms with E-state index in [4.69, 9.17) is 30.8 Å². The van der Waals surface area contributed by atoms with Crippen LogP contribution in [-0.4, -0.2) is 44.6 Å². The monoisotopic (exact) mass is 595 g/mol. The maximum absolute atomic E-state index is 6.62. The van der Waals surface area contributed by atoms with Gasteiger partial charge < -0.3 is 24.1 Å². The van der Waals surface area contributed by atoms with Crippen LogP contribution in [0.15, 0.2) is 73.2 Å². The summed E-state index contributed by atoms with van der Waals surface area (Å²) in [6.07, 6.45) is 6.74. The molecule has 4 heterocycles. The first-order chi connectivity index (χ1) is 20.8. The number of hydrogen-bond acceptors (Lipinski definition) is 7. The zero-order valence-corrected chi connectivity index (χ0v) is 25.2. The summed E-state index contributed by atoms with van der Waals surface area (Å²) in [7, 11) is 1.68. The Kier molecular flexibility index (Phi) is 6.19. The molecule has 0 amide bonds. The van der Waals surface area contributed by atoms with Gasteiger partial charge in [-0.1, -0.05) is 35.9 Å². The van der Waals surface area contributed by atoms with Crippen LogP contribution in [0.4, 0.5) is 5.82 Å². The van der Waals surface area contributed by atoms with Gasteiger partial charge in [-0.05, 0) is 86.6 Å². The van der Waals surface area contributed by atoms with Gasteiger partial charge in [0.15, 0.2) is 5.79 Å². The van der Waals surface area contributed by atoms with Crippen molar-refractivity contribution in [3.8, 4) is 5.75 Å². The normalized spacial score (nSPS) is 26.9. The molecule has 220 valence electrons. The number of halogens is 1. The number of methoxy groups -OCH3 is 1. The number of ether oxygens (including phenoxy) is 3. The van der Waals surface area contributed by atoms with E-state index in [0.29, 0.717) is 17.6 Å². The molecule has 3 fully saturated rings. The summed E-state index contributed by atoms with van der Waals surface area (Å²) in [5, 5.41) is 5.95. The third-order valence-corrected chi connectivity index (χ3v) is 9.97. The fraction of sp³-hybridized carbons (Fsp3) is 0.382. The zero-order valence-electron chi connectivity index (χ0n) is 24.5. The first kappa shape index (κ1) is 26.9. The van der Waals surface area contributed by atoms with E-state index in [-0.39, 0.29) is 23.7 Å². The van der Waals surface area contributed by atoms with Gasteiger partial charge in [-0.2, -0.15) is 0 Å². The van der Waals surface area contributed by atoms with Gasteiger partial charge in [-0.25, -0.2) is 15.0 Å². The molecular formula is C34H34ClN5O3. The molecule has 5 atom stereocenters. The number of fused-ring (bicyclic) bond motifs is 5. The molecule has 3 aromatic heterocycles. The lowest BCUT2D eigenvalue weighted by Crippen LogP contribution is -2.32. The van der Waals surface area contributed by atoms with Crippen LogP contribution in [0.25, 0.3) is 21.9 Å². The summed E-state index contributed by atoms with van der Waals surface area (Å²) in [6.45, 7) is 4.74. The quantitative estimate of drug-likeness (QED) is 0.194. The van der Waals surface area contributed by atoms with Crippen molar-refractivity contribution in [3.05, 3.63) is 89.5 Å². The van der Waals surface area contributed by atoms with E-state index < -0.39 is 5.79 Å². The van der Waals surface area contributed by atoms with Gasteiger partial charge in [0.2, 0.25) is 0 Å². The van der Waals surface area contributed by atoms with Crippen molar-refractivity contribution in [3.63, 3.8) is 0 Å². The number of anilines is 1. The Balaban J connectivity index is 1.02. The molecule has 9 heteroatoms. The van der Waals surface area contributed by atoms with Crippen LogP contribution >= 0.6 is 11.6 Å². The van der Waals surface area contributed by atoms with E-state index in [2.05, 4.69) is 62.4 Å². The van der Waals surface area contributed by atoms with Crippen molar-refractivity contribution in [2.45, 2.75) is 63.7 Å². The molecule has 2 aromatic carbocycles. The molecule has 1 unspecified atom stereocenters. The number of hydrogen-bond donors (Lipinski definition) is 1. The van der Waals surface area contributed by atoms with E-state index in [0.717, 1.165) is 52.8 Å². The zero-order chi connectivity index (χ0) is 29.3. The summed E-state index contributed by atoms with van der Waals surface area (Å²) in [5.41, 5.74) is 4.39. The second-order valence-corrected chi connectivity index (χ2v) is 13.0. The summed E-state index contributed by atoms with van der Waals surface area (Å²) in [6, 6.07) is 21.1. The molecule has 1 saturated heterocycles. The summed E-state index contributed by atoms with van der Waals surface area (Å²) >= 11 is 6.40. The fourth-order valence-corrected chi connectivity index (χ4v) is 7.73. The van der Waals surface area contributed by atoms with Crippen LogP contribution in [0.3, 0.4) is 0 Å². The Labute approximate surface area is 255 Å². The van der Waals surface area contributed by atoms with Crippen molar-refractivity contribution in [2.75, 3.05) is 12.4 Å². The highest BCUT2D eigenvalue weighted by Crippen LogP contribution is 2.73. The van der Waals surface area contributed by atoms with Gasteiger partial charge in [0, 0.05) is 23.5 Å². The van der Waals surface area contributed by atoms with Crippen LogP contribution < -0.4 is 10.1 Å². The summed E-state index contributed by atoms with van der Waals surface area (Å²) in [4.78, 5) is 13.7. The highest BCUT2D eigenvalue weighted by Gasteiger charge is 2.75. The van der Waals surface area contributed by atoms with Crippen molar-refractivity contribution < 1.29 is 14.2 Å². The van der Waals surface area contributed by atoms with Crippen molar-refractivity contribution in [1.82, 2.24) is 19.5 Å². The van der Waals surface area contributed by atoms with E-state index in [1.54, 1.807) is 7.11 Å². The minimum atomic E-state index is -0.619. The first-order valence-electron chi connectivity index (χ1n) is 14.9. The van der Waals surface area contributed by atoms with Crippen molar-refractivity contribution >= 4 is 39.4 Å². The third kappa shape index (κ3) is 4.55. The highest BCUT2D eigenvalue weighted by atomic mass is 35.5. The van der Waals surface area contributed by atoms with Gasteiger partial charge >= 0.3 is 0 Å². The molecule has 5 aromatic rings. The minimum Gasteiger partial charge on any atom is -0.497 e. The Hall–Kier alpha value is -3.72. The lowest BCUT2D eigenvalue weighted by atomic mass is 9.91. The number of nitrogens with one attached hydrogen (secondary N) is 1. The van der Waals surface area contributed by atoms with Crippen LogP contribution in [0.5, 0.6) is 5.75 Å². The Morgan fingerprint density at radius 2 is 1.84 bits per heavy atom. The predicted octanol–water partition coefficient (Wildman–Crippen LogP) is 6.97. The standard InChI is InChI=1S/C34H34ClN5O3/c1-33(2)42-29-28(40-15-13-24-31(35)37-19-38-32(24)40)25-17-34(25,30(29)43-33)14-12-20-4-7-22-8-11-27(39-26(22)16-20)36-18-21-5-9-23(41-3)10-6-21/h4-11,13,15-16,19,25,28-30H,12,14,17-18H2,1-3H3,(H,36,39)/t25-,28-,29+,30+,34?/m1/s1. The molecule has 3 aliphatic rings. The average Bonchev–Trinajstić information content (AvgIpc) is 3.26. The summed E-state index contributed by atoms with van der Waals surface area (Å²) < 4.78 is 20.7. The molecule has 2 saturated carbocycles. The number of pyridine rings is 1. The molecule has 8 rings (SSSR count). The lowest BCUT2D eigenvalue weighted by molar-refractivity contribution is -0.161. The molecule has 8 nitrogen and oxygen atoms in total. The van der Waals surface area contributed by atoms with E-state index >= 15 is 0 Å². The van der Waals surface area contributed by atoms with Crippen molar-refractivity contribution in [2.24, 2.45) is 11.3 Å². The molecule has 0 radical (unpaired) electrons. The topological polar surface area (TPSA) is 83.3 Å². The number of rotatable bonds is 8. The van der Waals surface area contributed by atoms with Crippen LogP contribution in [0, 0.1) is 11.3 Å². The van der Waals surface area contributed by atoms with E-state index in [1.165, 1.54) is 17.5 Å². The van der Waals surface area contributed by atoms with Gasteiger partial charge in [0.1, 0.15) is 34.8 Å². The average molecular weight is 596 g/mol. The molecule has 43 heavy (non-hydrogen) atoms. The van der Waals surface area contributed by atoms with Gasteiger partial charge in [0.05, 0.1) is 30.2 Å². The molecular weight excluding hydrogens is 562 g/mol. The number of aryl methyl sites for hydroxylation is 1. The highest BCUT2D eigenvalue weighted by molar-refractivity contribution is 6.33. The third-order valence-electron chi connectivity index (χ3n) is 9.67. The maximum atomic E-state index is 6.62. The van der Waals surface area contributed by atoms with Crippen LogP contribution in [0.2, 0.25) is 5.15 Å².